The lowest BCUT2D eigenvalue weighted by Crippen LogP contribution is -2.32. The molecule has 0 radical (unpaired) electrons. The minimum atomic E-state index is -0.642. The smallest absolute Gasteiger partial charge is 0.257 e. The number of amides is 5. The van der Waals surface area contributed by atoms with E-state index in [2.05, 4.69) is 56.5 Å². The van der Waals surface area contributed by atoms with Crippen LogP contribution in [0.4, 0.5) is 56.7 Å². The largest absolute Gasteiger partial charge is 0.396 e. The molecule has 28 heteroatoms. The third-order valence-corrected chi connectivity index (χ3v) is 20.7. The Bertz CT molecular complexity index is 6740. The minimum Gasteiger partial charge on any atom is -0.396 e. The molecule has 1 atom stereocenters. The number of nitrogens with zero attached hydrogens (tertiary/aromatic N) is 6. The van der Waals surface area contributed by atoms with Crippen LogP contribution in [0.25, 0.3) is 109 Å². The fraction of sp³-hybridized carbons (Fsp3) is 0.133. The first-order valence-electron chi connectivity index (χ1n) is 40.3. The van der Waals surface area contributed by atoms with Gasteiger partial charge in [-0.05, 0) is 219 Å². The molecule has 10 aromatic carbocycles. The molecular formula is C98H87F5N16O7. The van der Waals surface area contributed by atoms with Gasteiger partial charge < -0.3 is 65.5 Å². The fourth-order valence-corrected chi connectivity index (χ4v) is 14.4. The predicted molar refractivity (Wildman–Crippen MR) is 486 cm³/mol. The second-order valence-corrected chi connectivity index (χ2v) is 29.5. The highest BCUT2D eigenvalue weighted by atomic mass is 19.1. The molecular weight excluding hydrogens is 1610 g/mol. The van der Waals surface area contributed by atoms with E-state index in [1.807, 2.05) is 85.8 Å². The molecule has 5 amide bonds. The third-order valence-electron chi connectivity index (χ3n) is 20.7. The number of aromatic nitrogens is 6. The second-order valence-electron chi connectivity index (χ2n) is 29.5. The monoisotopic (exact) mass is 1690 g/mol. The molecule has 17 N–H and O–H groups in total. The summed E-state index contributed by atoms with van der Waals surface area (Å²) in [5, 5.41) is 38.9. The van der Waals surface area contributed by atoms with Crippen molar-refractivity contribution in [1.29, 1.82) is 0 Å². The molecule has 17 rings (SSSR count). The van der Waals surface area contributed by atoms with E-state index in [-0.39, 0.29) is 77.8 Å². The van der Waals surface area contributed by atoms with Crippen molar-refractivity contribution in [1.82, 2.24) is 51.2 Å². The number of hydrogen-bond donors (Lipinski definition) is 12. The van der Waals surface area contributed by atoms with E-state index in [0.29, 0.717) is 131 Å². The molecule has 636 valence electrons. The lowest BCUT2D eigenvalue weighted by molar-refractivity contribution is 0.0921. The number of carbonyl (C=O) groups excluding carboxylic acids is 5. The summed E-state index contributed by atoms with van der Waals surface area (Å²) in [6, 6.07) is 62.6. The maximum absolute atomic E-state index is 13.5. The zero-order valence-electron chi connectivity index (χ0n) is 68.3. The number of carbonyl (C=O) groups is 5. The summed E-state index contributed by atoms with van der Waals surface area (Å²) in [7, 11) is 0. The Hall–Kier alpha value is -15.7. The zero-order valence-corrected chi connectivity index (χ0v) is 68.3. The number of halogens is 5. The van der Waals surface area contributed by atoms with Crippen molar-refractivity contribution in [3.63, 3.8) is 0 Å². The third kappa shape index (κ3) is 21.6. The number of nitrogens with two attached hydrogens (primary N) is 5. The molecule has 0 spiro atoms. The maximum atomic E-state index is 13.5. The number of anilines is 6. The number of aliphatic hydroxyl groups is 2. The highest BCUT2D eigenvalue weighted by molar-refractivity contribution is 6.16. The summed E-state index contributed by atoms with van der Waals surface area (Å²) in [6.45, 7) is 4.51. The molecule has 1 unspecified atom stereocenters. The van der Waals surface area contributed by atoms with Gasteiger partial charge in [-0.2, -0.15) is 0 Å². The Balaban J connectivity index is 0.000000135. The summed E-state index contributed by atoms with van der Waals surface area (Å²) >= 11 is 0. The van der Waals surface area contributed by atoms with Crippen LogP contribution < -0.4 is 55.3 Å². The Morgan fingerprint density at radius 1 is 0.373 bits per heavy atom. The summed E-state index contributed by atoms with van der Waals surface area (Å²) in [5.74, 6) is -1.18. The molecule has 126 heavy (non-hydrogen) atoms. The van der Waals surface area contributed by atoms with E-state index >= 15 is 0 Å². The molecule has 6 aromatic heterocycles. The van der Waals surface area contributed by atoms with Gasteiger partial charge in [0.15, 0.2) is 0 Å². The van der Waals surface area contributed by atoms with Crippen LogP contribution in [0, 0.1) is 29.1 Å². The number of hydrogen-bond acceptors (Lipinski definition) is 18. The van der Waals surface area contributed by atoms with Gasteiger partial charge in [-0.1, -0.05) is 134 Å². The number of benzene rings is 10. The van der Waals surface area contributed by atoms with E-state index in [1.165, 1.54) is 91.6 Å². The van der Waals surface area contributed by atoms with Crippen molar-refractivity contribution >= 4 is 118 Å². The number of nitrogens with one attached hydrogen (secondary N) is 5. The lowest BCUT2D eigenvalue weighted by atomic mass is 9.99. The highest BCUT2D eigenvalue weighted by Crippen LogP contribution is 2.36. The molecule has 6 heterocycles. The Morgan fingerprint density at radius 3 is 0.968 bits per heavy atom. The summed E-state index contributed by atoms with van der Waals surface area (Å²) in [6.07, 6.45) is 14.7. The van der Waals surface area contributed by atoms with Crippen LogP contribution in [0.2, 0.25) is 0 Å². The first kappa shape index (κ1) is 88.1. The van der Waals surface area contributed by atoms with E-state index in [4.69, 9.17) is 33.8 Å². The van der Waals surface area contributed by atoms with Crippen molar-refractivity contribution < 1.29 is 56.1 Å². The van der Waals surface area contributed by atoms with E-state index in [1.54, 1.807) is 104 Å². The van der Waals surface area contributed by atoms with Crippen molar-refractivity contribution in [3.8, 4) is 55.6 Å². The number of nitrogen functional groups attached to an aromatic ring is 5. The molecule has 0 bridgehead atoms. The summed E-state index contributed by atoms with van der Waals surface area (Å²) in [5.41, 5.74) is 40.4. The normalized spacial score (nSPS) is 11.8. The molecule has 0 aliphatic heterocycles. The van der Waals surface area contributed by atoms with Gasteiger partial charge in [-0.25, -0.2) is 46.9 Å². The molecule has 1 saturated carbocycles. The van der Waals surface area contributed by atoms with Gasteiger partial charge in [0.05, 0.1) is 45.8 Å². The SMILES string of the molecule is CC(O)CNC(=O)c1cnc(N)c2cc(-c3cccc(F)c3)ccc12.CCNC(=O)c1cnc(N)c2cc(-c3cccc(F)c3)ccc12.Nc1ncc(C(=O)NC2CCCC2)c2ccc(-c3cccc(F)c3)cc12.Nc1ncc(C(=O)NCCCO)c2ccc(-c3cccc(F)c3)cc12.Nc1ncc(C(=O)Nc2cccnc2)c2ccc(-c3cccc(F)c3)cc12. The standard InChI is InChI=1S/C21H15FN4O.C21H20FN3O.2C19H18FN3O2.C18H16FN3O/c22-15-4-1-3-13(9-15)14-6-7-17-18(10-14)20(23)25-12-19(17)21(27)26-16-5-2-8-24-11-16;22-15-5-3-4-13(10-15)14-8-9-17-18(11-14)20(23)24-12-19(17)21(26)25-16-6-1-2-7-16;1-11(24)9-23-19(25)17-10-22-18(21)16-8-13(5-6-15(16)17)12-3-2-4-14(20)7-12;20-14-4-1-3-12(9-14)13-5-6-15-16(10-13)18(21)23-11-17(15)19(25)22-7-2-8-24;1-2-21-18(23)16-10-22-17(20)15-9-12(6-7-14(15)16)11-4-3-5-13(19)8-11/h1-12H,(H2,23,25)(H,26,27);3-5,8-12,16H,1-2,6-7H2,(H2,23,24)(H,25,26);2-8,10-11,24H,9H2,1H3,(H2,21,22)(H,23,25);1,3-6,9-11,24H,2,7-8H2,(H2,21,23)(H,22,25);3-10H,2H2,1H3,(H2,20,22)(H,21,23). The second kappa shape index (κ2) is 40.8. The molecule has 16 aromatic rings. The summed E-state index contributed by atoms with van der Waals surface area (Å²) in [4.78, 5) is 86.7. The van der Waals surface area contributed by atoms with Crippen molar-refractivity contribution in [2.45, 2.75) is 58.1 Å². The van der Waals surface area contributed by atoms with Gasteiger partial charge in [0.2, 0.25) is 0 Å². The van der Waals surface area contributed by atoms with Gasteiger partial charge >= 0.3 is 0 Å². The molecule has 0 saturated heterocycles. The zero-order chi connectivity index (χ0) is 89.1. The van der Waals surface area contributed by atoms with Crippen LogP contribution in [0.5, 0.6) is 0 Å². The van der Waals surface area contributed by atoms with Crippen LogP contribution in [-0.4, -0.2) is 108 Å². The number of pyridine rings is 6. The van der Waals surface area contributed by atoms with E-state index in [0.717, 1.165) is 86.5 Å². The number of fused-ring (bicyclic) bond motifs is 5. The first-order chi connectivity index (χ1) is 60.9. The lowest BCUT2D eigenvalue weighted by Gasteiger charge is -2.14. The molecule has 23 nitrogen and oxygen atoms in total. The predicted octanol–water partition coefficient (Wildman–Crippen LogP) is 17.4. The van der Waals surface area contributed by atoms with Gasteiger partial charge in [-0.3, -0.25) is 29.0 Å². The Labute approximate surface area is 720 Å². The first-order valence-corrected chi connectivity index (χ1v) is 40.3. The van der Waals surface area contributed by atoms with Crippen LogP contribution in [0.15, 0.2) is 268 Å². The van der Waals surface area contributed by atoms with Crippen LogP contribution >= 0.6 is 0 Å². The number of aliphatic hydroxyl groups excluding tert-OH is 2. The van der Waals surface area contributed by atoms with Crippen LogP contribution in [0.1, 0.15) is 97.7 Å². The quantitative estimate of drug-likeness (QED) is 0.0280. The van der Waals surface area contributed by atoms with Gasteiger partial charge in [0.25, 0.3) is 29.5 Å². The Morgan fingerprint density at radius 2 is 0.675 bits per heavy atom. The van der Waals surface area contributed by atoms with Crippen LogP contribution in [-0.2, 0) is 0 Å². The average molecular weight is 1700 g/mol. The van der Waals surface area contributed by atoms with Crippen molar-refractivity contribution in [3.05, 3.63) is 325 Å². The average Bonchev–Trinajstić information content (AvgIpc) is 0.918. The van der Waals surface area contributed by atoms with Crippen molar-refractivity contribution in [2.24, 2.45) is 0 Å². The number of rotatable bonds is 18. The van der Waals surface area contributed by atoms with Gasteiger partial charge in [0.1, 0.15) is 58.2 Å². The van der Waals surface area contributed by atoms with E-state index < -0.39 is 6.10 Å². The van der Waals surface area contributed by atoms with Crippen LogP contribution in [0.3, 0.4) is 0 Å². The van der Waals surface area contributed by atoms with Gasteiger partial charge in [-0.15, -0.1) is 0 Å². The fourth-order valence-electron chi connectivity index (χ4n) is 14.4. The Kier molecular flexibility index (Phi) is 28.5. The highest BCUT2D eigenvalue weighted by Gasteiger charge is 2.23. The van der Waals surface area contributed by atoms with Gasteiger partial charge in [0, 0.05) is 96.4 Å². The van der Waals surface area contributed by atoms with Crippen molar-refractivity contribution in [2.75, 3.05) is 60.2 Å². The molecule has 1 aliphatic rings. The molecule has 1 fully saturated rings. The summed E-state index contributed by atoms with van der Waals surface area (Å²) < 4.78 is 67.4. The molecule has 1 aliphatic carbocycles. The maximum Gasteiger partial charge on any atom is 0.257 e. The van der Waals surface area contributed by atoms with E-state index in [9.17, 15) is 51.0 Å². The topological polar surface area (TPSA) is 393 Å². The minimum absolute atomic E-state index is 0.0119.